The van der Waals surface area contributed by atoms with Gasteiger partial charge in [0.2, 0.25) is 0 Å². The summed E-state index contributed by atoms with van der Waals surface area (Å²) in [6.07, 6.45) is 0. The third-order valence-corrected chi connectivity index (χ3v) is 0. The summed E-state index contributed by atoms with van der Waals surface area (Å²) < 4.78 is 19.5. The lowest BCUT2D eigenvalue weighted by atomic mass is 11.0. The van der Waals surface area contributed by atoms with Gasteiger partial charge in [0, 0.05) is 0 Å². The first kappa shape index (κ1) is 10.1. The molecular formula is C3H11F2NSi. The van der Waals surface area contributed by atoms with E-state index in [1.165, 1.54) is 0 Å². The van der Waals surface area contributed by atoms with E-state index < -0.39 is 10.2 Å². The molecule has 0 radical (unpaired) electrons. The van der Waals surface area contributed by atoms with Gasteiger partial charge in [0.15, 0.2) is 0 Å². The van der Waals surface area contributed by atoms with E-state index in [4.69, 9.17) is 0 Å². The minimum absolute atomic E-state index is 2.00. The van der Waals surface area contributed by atoms with Crippen molar-refractivity contribution >= 4 is 10.2 Å². The van der Waals surface area contributed by atoms with Gasteiger partial charge in [-0.15, -0.1) is 0 Å². The molecule has 4 heteroatoms. The van der Waals surface area contributed by atoms with E-state index in [9.17, 15) is 8.22 Å². The molecule has 7 heavy (non-hydrogen) atoms. The second kappa shape index (κ2) is 9.40. The van der Waals surface area contributed by atoms with Crippen LogP contribution in [0.2, 0.25) is 0 Å². The van der Waals surface area contributed by atoms with Gasteiger partial charge < -0.3 is 4.90 Å². The third-order valence-electron chi connectivity index (χ3n) is 0. The average molecular weight is 127 g/mol. The lowest BCUT2D eigenvalue weighted by Gasteiger charge is -1.90. The molecule has 46 valence electrons. The van der Waals surface area contributed by atoms with Gasteiger partial charge >= 0.3 is 10.2 Å². The van der Waals surface area contributed by atoms with Crippen LogP contribution in [0.5, 0.6) is 0 Å². The van der Waals surface area contributed by atoms with Gasteiger partial charge in [-0.3, -0.25) is 8.22 Å². The van der Waals surface area contributed by atoms with Gasteiger partial charge in [-0.25, -0.2) is 0 Å². The van der Waals surface area contributed by atoms with E-state index in [2.05, 4.69) is 0 Å². The lowest BCUT2D eigenvalue weighted by Crippen LogP contribution is -1.99. The zero-order chi connectivity index (χ0) is 6.28. The molecule has 0 aliphatic carbocycles. The van der Waals surface area contributed by atoms with E-state index in [0.29, 0.717) is 0 Å². The van der Waals surface area contributed by atoms with Crippen molar-refractivity contribution < 1.29 is 8.22 Å². The Labute approximate surface area is 45.5 Å². The zero-order valence-corrected chi connectivity index (χ0v) is 6.32. The van der Waals surface area contributed by atoms with Crippen LogP contribution in [0.15, 0.2) is 0 Å². The highest BCUT2D eigenvalue weighted by molar-refractivity contribution is 6.15. The van der Waals surface area contributed by atoms with Crippen LogP contribution in [-0.4, -0.2) is 36.2 Å². The van der Waals surface area contributed by atoms with Crippen LogP contribution >= 0.6 is 0 Å². The fraction of sp³-hybridized carbons (Fsp3) is 1.00. The summed E-state index contributed by atoms with van der Waals surface area (Å²) in [5, 5.41) is 0. The number of hydrogen-bond donors (Lipinski definition) is 0. The molecule has 1 nitrogen and oxygen atoms in total. The van der Waals surface area contributed by atoms with Gasteiger partial charge in [-0.2, -0.15) is 0 Å². The first-order chi connectivity index (χ1) is 3.15. The Morgan fingerprint density at radius 2 is 1.14 bits per heavy atom. The van der Waals surface area contributed by atoms with Crippen molar-refractivity contribution in [1.29, 1.82) is 0 Å². The highest BCUT2D eigenvalue weighted by Gasteiger charge is 1.58. The first-order valence-corrected chi connectivity index (χ1v) is 2.95. The van der Waals surface area contributed by atoms with Crippen LogP contribution in [0.4, 0.5) is 8.22 Å². The molecule has 0 unspecified atom stereocenters. The van der Waals surface area contributed by atoms with Crippen LogP contribution in [0.25, 0.3) is 0 Å². The van der Waals surface area contributed by atoms with Crippen molar-refractivity contribution in [1.82, 2.24) is 4.90 Å². The van der Waals surface area contributed by atoms with Crippen LogP contribution in [0.1, 0.15) is 0 Å². The van der Waals surface area contributed by atoms with Crippen LogP contribution in [-0.2, 0) is 0 Å². The van der Waals surface area contributed by atoms with Crippen LogP contribution in [0, 0.1) is 0 Å². The molecule has 0 aliphatic rings. The summed E-state index contributed by atoms with van der Waals surface area (Å²) >= 11 is 0. The third kappa shape index (κ3) is 72300. The van der Waals surface area contributed by atoms with Crippen molar-refractivity contribution in [3.8, 4) is 0 Å². The maximum absolute atomic E-state index is 9.76. The highest BCUT2D eigenvalue weighted by atomic mass is 28.3. The molecule has 0 aliphatic heterocycles. The maximum atomic E-state index is 9.76. The molecule has 0 N–H and O–H groups in total. The van der Waals surface area contributed by atoms with E-state index in [1.54, 1.807) is 0 Å². The van der Waals surface area contributed by atoms with Crippen molar-refractivity contribution in [2.24, 2.45) is 0 Å². The molecule has 0 rings (SSSR count). The molecule has 0 aromatic heterocycles. The number of hydrogen-bond acceptors (Lipinski definition) is 1. The predicted octanol–water partition coefficient (Wildman–Crippen LogP) is 0.102. The lowest BCUT2D eigenvalue weighted by molar-refractivity contribution is 0.505. The monoisotopic (exact) mass is 127 g/mol. The molecule has 0 heterocycles. The molecule has 0 saturated carbocycles. The summed E-state index contributed by atoms with van der Waals surface area (Å²) in [6, 6.07) is 0. The summed E-state index contributed by atoms with van der Waals surface area (Å²) in [5.41, 5.74) is 0. The first-order valence-electron chi connectivity index (χ1n) is 1.88. The van der Waals surface area contributed by atoms with Gasteiger partial charge in [-0.1, -0.05) is 0 Å². The number of nitrogens with zero attached hydrogens (tertiary/aromatic N) is 1. The minimum atomic E-state index is -2.58. The van der Waals surface area contributed by atoms with Gasteiger partial charge in [0.05, 0.1) is 0 Å². The smallest absolute Gasteiger partial charge is 0.312 e. The van der Waals surface area contributed by atoms with E-state index in [0.717, 1.165) is 0 Å². The fourth-order valence-electron chi connectivity index (χ4n) is 0. The normalized spacial score (nSPS) is 7.71. The van der Waals surface area contributed by atoms with E-state index >= 15 is 0 Å². The SMILES string of the molecule is CN(C)C.F[SiH2]F. The number of halogens is 2. The van der Waals surface area contributed by atoms with E-state index in [1.807, 2.05) is 26.0 Å². The Bertz CT molecular complexity index is 24.1. The van der Waals surface area contributed by atoms with Gasteiger partial charge in [0.25, 0.3) is 0 Å². The van der Waals surface area contributed by atoms with Crippen molar-refractivity contribution in [3.63, 3.8) is 0 Å². The minimum Gasteiger partial charge on any atom is -0.312 e. The highest BCUT2D eigenvalue weighted by Crippen LogP contribution is 1.49. The largest absolute Gasteiger partial charge is 0.397 e. The maximum Gasteiger partial charge on any atom is 0.397 e. The molecule has 0 amide bonds. The average Bonchev–Trinajstić information content (AvgIpc) is 1.33. The molecule has 0 bridgehead atoms. The summed E-state index contributed by atoms with van der Waals surface area (Å²) in [6.45, 7) is 0. The second-order valence-electron chi connectivity index (χ2n) is 1.44. The van der Waals surface area contributed by atoms with Gasteiger partial charge in [-0.05, 0) is 21.1 Å². The van der Waals surface area contributed by atoms with Crippen LogP contribution < -0.4 is 0 Å². The quantitative estimate of drug-likeness (QED) is 0.329. The Kier molecular flexibility index (Phi) is 13.6. The van der Waals surface area contributed by atoms with Crippen molar-refractivity contribution in [2.75, 3.05) is 21.1 Å². The summed E-state index contributed by atoms with van der Waals surface area (Å²) in [7, 11) is 3.42. The Balaban J connectivity index is 0. The van der Waals surface area contributed by atoms with Crippen molar-refractivity contribution in [3.05, 3.63) is 0 Å². The second-order valence-corrected chi connectivity index (χ2v) is 1.64. The predicted molar refractivity (Wildman–Crippen MR) is 30.4 cm³/mol. The fourth-order valence-corrected chi connectivity index (χ4v) is 0. The molecule has 0 spiro atoms. The zero-order valence-electron chi connectivity index (χ0n) is 4.91. The molecule has 0 aromatic rings. The molecular weight excluding hydrogens is 116 g/mol. The van der Waals surface area contributed by atoms with Crippen LogP contribution in [0.3, 0.4) is 0 Å². The number of rotatable bonds is 0. The summed E-state index contributed by atoms with van der Waals surface area (Å²) in [4.78, 5) is 2.00. The Hall–Kier alpha value is 0.0369. The summed E-state index contributed by atoms with van der Waals surface area (Å²) in [5.74, 6) is 0. The van der Waals surface area contributed by atoms with E-state index in [-0.39, 0.29) is 0 Å². The van der Waals surface area contributed by atoms with Crippen molar-refractivity contribution in [2.45, 2.75) is 0 Å². The Morgan fingerprint density at radius 1 is 1.14 bits per heavy atom. The molecule has 0 aromatic carbocycles. The Morgan fingerprint density at radius 3 is 1.14 bits per heavy atom. The van der Waals surface area contributed by atoms with Gasteiger partial charge in [0.1, 0.15) is 0 Å². The molecule has 0 atom stereocenters. The standard InChI is InChI=1S/C3H9N.F2H2Si/c1-4(2)3;1-3-2/h1-3H3;3H2. The molecule has 0 fully saturated rings. The molecule has 0 saturated heterocycles. The topological polar surface area (TPSA) is 3.24 Å².